The molecule has 25 heteroatoms. The zero-order valence-electron chi connectivity index (χ0n) is 31.8. The first-order chi connectivity index (χ1) is 28.4. The van der Waals surface area contributed by atoms with Crippen LogP contribution in [0.25, 0.3) is 0 Å². The third-order valence-electron chi connectivity index (χ3n) is 7.46. The van der Waals surface area contributed by atoms with Crippen molar-refractivity contribution in [1.82, 2.24) is 0 Å². The molecule has 0 aliphatic carbocycles. The molecule has 0 aliphatic heterocycles. The minimum Gasteiger partial charge on any atom is -0.872 e. The Morgan fingerprint density at radius 3 is 0.762 bits per heavy atom. The Morgan fingerprint density at radius 2 is 0.556 bits per heavy atom. The summed E-state index contributed by atoms with van der Waals surface area (Å²) in [5, 5.41) is 72.4. The Labute approximate surface area is 390 Å². The van der Waals surface area contributed by atoms with Crippen molar-refractivity contribution in [2.24, 2.45) is 40.9 Å². The number of carboxylic acids is 2. The van der Waals surface area contributed by atoms with E-state index < -0.39 is 43.7 Å². The van der Waals surface area contributed by atoms with Crippen molar-refractivity contribution in [3.05, 3.63) is 145 Å². The van der Waals surface area contributed by atoms with Crippen molar-refractivity contribution >= 4 is 130 Å². The van der Waals surface area contributed by atoms with Gasteiger partial charge in [-0.25, -0.2) is 26.4 Å². The first-order valence-electron chi connectivity index (χ1n) is 16.5. The molecule has 9 radical (unpaired) electrons. The standard InChI is InChI=1S/2C19H14N4O6S.3Al/c2*24-18-10-7-15(11-17(18)19(25)26)23-22-13-3-1-12(2-4-13)20-21-14-5-8-16(9-6-14)30(27,28)29;;;/h2*1-11,24H,(H,25,26)(H,27,28,29);;;/p-4. The largest absolute Gasteiger partial charge is 0.872 e. The van der Waals surface area contributed by atoms with Gasteiger partial charge in [-0.1, -0.05) is 23.6 Å². The molecule has 313 valence electrons. The lowest BCUT2D eigenvalue weighted by atomic mass is 10.2. The van der Waals surface area contributed by atoms with Crippen molar-refractivity contribution < 1.29 is 56.0 Å². The quantitative estimate of drug-likeness (QED) is 0.0696. The molecule has 0 aliphatic rings. The molecule has 0 spiro atoms. The maximum absolute atomic E-state index is 11.4. The molecule has 0 bridgehead atoms. The topological polar surface area (TPSA) is 334 Å². The molecule has 0 saturated heterocycles. The van der Waals surface area contributed by atoms with Crippen molar-refractivity contribution in [3.8, 4) is 11.5 Å². The molecule has 0 amide bonds. The van der Waals surface area contributed by atoms with Crippen LogP contribution in [0.1, 0.15) is 20.7 Å². The molecule has 0 heterocycles. The van der Waals surface area contributed by atoms with Crippen molar-refractivity contribution in [3.63, 3.8) is 0 Å². The van der Waals surface area contributed by atoms with Gasteiger partial charge < -0.3 is 29.5 Å². The van der Waals surface area contributed by atoms with Crippen molar-refractivity contribution in [2.75, 3.05) is 0 Å². The Morgan fingerprint density at radius 1 is 0.365 bits per heavy atom. The summed E-state index contributed by atoms with van der Waals surface area (Å²) in [4.78, 5) is 21.3. The molecule has 0 atom stereocenters. The first kappa shape index (κ1) is 52.8. The molecule has 0 aromatic heterocycles. The van der Waals surface area contributed by atoms with Gasteiger partial charge >= 0.3 is 11.9 Å². The average Bonchev–Trinajstić information content (AvgIpc) is 3.22. The fourth-order valence-corrected chi connectivity index (χ4v) is 5.43. The summed E-state index contributed by atoms with van der Waals surface area (Å²) in [5.41, 5.74) is 2.29. The van der Waals surface area contributed by atoms with E-state index in [1.54, 1.807) is 48.5 Å². The van der Waals surface area contributed by atoms with Crippen molar-refractivity contribution in [2.45, 2.75) is 9.79 Å². The second-order valence-corrected chi connectivity index (χ2v) is 14.5. The lowest BCUT2D eigenvalue weighted by Gasteiger charge is -2.09. The minimum absolute atomic E-state index is 0. The molecule has 20 nitrogen and oxygen atoms in total. The van der Waals surface area contributed by atoms with Gasteiger partial charge in [0.2, 0.25) is 0 Å². The van der Waals surface area contributed by atoms with Gasteiger partial charge in [0.15, 0.2) is 0 Å². The fourth-order valence-electron chi connectivity index (χ4n) is 4.49. The van der Waals surface area contributed by atoms with E-state index in [-0.39, 0.29) is 84.4 Å². The Hall–Kier alpha value is -6.32. The smallest absolute Gasteiger partial charge is 0.335 e. The number of carboxylic acid groups (broad SMARTS) is 2. The molecule has 6 aromatic carbocycles. The summed E-state index contributed by atoms with van der Waals surface area (Å²) in [6, 6.07) is 30.1. The van der Waals surface area contributed by atoms with E-state index in [4.69, 9.17) is 10.2 Å². The minimum atomic E-state index is -4.51. The third kappa shape index (κ3) is 16.1. The predicted octanol–water partition coefficient (Wildman–Crippen LogP) is 7.24. The van der Waals surface area contributed by atoms with E-state index in [0.29, 0.717) is 34.1 Å². The molecule has 0 saturated carbocycles. The molecular formula is C38H24Al3N8O12S2-4. The highest BCUT2D eigenvalue weighted by atomic mass is 32.2. The van der Waals surface area contributed by atoms with Gasteiger partial charge in [0.1, 0.15) is 20.2 Å². The summed E-state index contributed by atoms with van der Waals surface area (Å²) in [6.07, 6.45) is 0. The monoisotopic (exact) mass is 929 g/mol. The van der Waals surface area contributed by atoms with Crippen LogP contribution in [0, 0.1) is 0 Å². The highest BCUT2D eigenvalue weighted by molar-refractivity contribution is 7.86. The zero-order valence-corrected chi connectivity index (χ0v) is 36.9. The number of benzene rings is 6. The molecule has 0 fully saturated rings. The SMILES string of the molecule is O=C(O)c1cc(N=Nc2ccc(N=Nc3ccc(S(=O)(=O)[O-])cc3)cc2)ccc1[O-].O=C(O)c1cc(N=Nc2ccc(N=Nc3ccc(S(=O)(=O)[O-])cc3)cc2)ccc1[O-].[Al].[Al].[Al]. The number of hydrogen-bond donors (Lipinski definition) is 2. The number of carbonyl (C=O) groups is 2. The van der Waals surface area contributed by atoms with E-state index >= 15 is 0 Å². The van der Waals surface area contributed by atoms with Crippen LogP contribution in [-0.4, -0.2) is 100 Å². The van der Waals surface area contributed by atoms with E-state index in [2.05, 4.69) is 40.9 Å². The van der Waals surface area contributed by atoms with Crippen LogP contribution in [0.4, 0.5) is 45.5 Å². The Bertz CT molecular complexity index is 2690. The van der Waals surface area contributed by atoms with Crippen LogP contribution in [0.2, 0.25) is 0 Å². The summed E-state index contributed by atoms with van der Waals surface area (Å²) < 4.78 is 65.4. The Balaban J connectivity index is 0.000000414. The van der Waals surface area contributed by atoms with Gasteiger partial charge in [-0.2, -0.15) is 40.9 Å². The van der Waals surface area contributed by atoms with E-state index in [0.717, 1.165) is 48.5 Å². The van der Waals surface area contributed by atoms with E-state index in [9.17, 15) is 45.7 Å². The zero-order chi connectivity index (χ0) is 43.5. The van der Waals surface area contributed by atoms with Crippen LogP contribution in [0.3, 0.4) is 0 Å². The highest BCUT2D eigenvalue weighted by Crippen LogP contribution is 2.28. The lowest BCUT2D eigenvalue weighted by molar-refractivity contribution is -0.269. The van der Waals surface area contributed by atoms with Crippen LogP contribution < -0.4 is 10.2 Å². The van der Waals surface area contributed by atoms with Gasteiger partial charge in [0, 0.05) is 52.1 Å². The van der Waals surface area contributed by atoms with Crippen LogP contribution in [0.5, 0.6) is 11.5 Å². The fraction of sp³-hybridized carbons (Fsp3) is 0. The van der Waals surface area contributed by atoms with Gasteiger partial charge in [0.05, 0.1) is 66.4 Å². The second-order valence-electron chi connectivity index (χ2n) is 11.7. The molecule has 6 aromatic rings. The Kier molecular flexibility index (Phi) is 19.9. The molecule has 6 rings (SSSR count). The van der Waals surface area contributed by atoms with Gasteiger partial charge in [0.25, 0.3) is 0 Å². The summed E-state index contributed by atoms with van der Waals surface area (Å²) in [7, 11) is -9.02. The first-order valence-corrected chi connectivity index (χ1v) is 19.3. The van der Waals surface area contributed by atoms with Crippen LogP contribution in [0.15, 0.2) is 184 Å². The third-order valence-corrected chi connectivity index (χ3v) is 9.16. The van der Waals surface area contributed by atoms with E-state index in [1.807, 2.05) is 0 Å². The van der Waals surface area contributed by atoms with Gasteiger partial charge in [-0.05, 0) is 121 Å². The lowest BCUT2D eigenvalue weighted by Crippen LogP contribution is -2.02. The summed E-state index contributed by atoms with van der Waals surface area (Å²) >= 11 is 0. The maximum Gasteiger partial charge on any atom is 0.335 e. The highest BCUT2D eigenvalue weighted by Gasteiger charge is 2.07. The number of nitrogens with zero attached hydrogens (tertiary/aromatic N) is 8. The second kappa shape index (κ2) is 23.8. The molecule has 2 N–H and O–H groups in total. The van der Waals surface area contributed by atoms with Crippen molar-refractivity contribution in [1.29, 1.82) is 0 Å². The summed E-state index contributed by atoms with van der Waals surface area (Å²) in [5.74, 6) is -3.90. The average molecular weight is 930 g/mol. The van der Waals surface area contributed by atoms with Gasteiger partial charge in [-0.3, -0.25) is 0 Å². The number of azo groups is 4. The van der Waals surface area contributed by atoms with Gasteiger partial charge in [-0.15, -0.1) is 0 Å². The molecular weight excluding hydrogens is 906 g/mol. The molecule has 0 unspecified atom stereocenters. The van der Waals surface area contributed by atoms with Crippen LogP contribution in [-0.2, 0) is 20.2 Å². The number of hydrogen-bond acceptors (Lipinski definition) is 18. The summed E-state index contributed by atoms with van der Waals surface area (Å²) in [6.45, 7) is 0. The maximum atomic E-state index is 11.4. The predicted molar refractivity (Wildman–Crippen MR) is 221 cm³/mol. The molecule has 63 heavy (non-hydrogen) atoms. The normalized spacial score (nSPS) is 11.3. The van der Waals surface area contributed by atoms with E-state index in [1.165, 1.54) is 36.4 Å². The van der Waals surface area contributed by atoms with Crippen LogP contribution >= 0.6 is 0 Å². The number of aromatic carboxylic acids is 2. The number of rotatable bonds is 12.